The normalized spacial score (nSPS) is 16.7. The number of methoxy groups -OCH3 is 1. The number of hydrogen-bond donors (Lipinski definition) is 1. The molecule has 1 unspecified atom stereocenters. The number of nitrogens with one attached hydrogen (secondary N) is 1. The second-order valence-electron chi connectivity index (χ2n) is 6.41. The van der Waals surface area contributed by atoms with Gasteiger partial charge in [-0.1, -0.05) is 34.1 Å². The molecule has 0 aromatic heterocycles. The Morgan fingerprint density at radius 2 is 2.12 bits per heavy atom. The molecule has 0 aliphatic carbocycles. The molecule has 4 nitrogen and oxygen atoms in total. The van der Waals surface area contributed by atoms with Crippen molar-refractivity contribution in [1.29, 1.82) is 0 Å². The molecule has 0 spiro atoms. The number of carbonyl (C=O) groups excluding carboxylic acids is 1. The van der Waals surface area contributed by atoms with E-state index in [4.69, 9.17) is 4.74 Å². The highest BCUT2D eigenvalue weighted by atomic mass is 79.9. The first-order valence-corrected chi connectivity index (χ1v) is 9.33. The van der Waals surface area contributed by atoms with E-state index in [2.05, 4.69) is 44.3 Å². The summed E-state index contributed by atoms with van der Waals surface area (Å²) in [7, 11) is 1.64. The van der Waals surface area contributed by atoms with E-state index in [9.17, 15) is 4.79 Å². The summed E-state index contributed by atoms with van der Waals surface area (Å²) in [4.78, 5) is 14.6. The molecular weight excluding hydrogens is 380 g/mol. The van der Waals surface area contributed by atoms with E-state index in [-0.39, 0.29) is 5.91 Å². The van der Waals surface area contributed by atoms with Gasteiger partial charge in [-0.05, 0) is 48.2 Å². The lowest BCUT2D eigenvalue weighted by atomic mass is 10.1. The van der Waals surface area contributed by atoms with Gasteiger partial charge in [0.25, 0.3) is 0 Å². The Morgan fingerprint density at radius 1 is 1.28 bits per heavy atom. The van der Waals surface area contributed by atoms with Gasteiger partial charge in [0, 0.05) is 29.8 Å². The van der Waals surface area contributed by atoms with Gasteiger partial charge in [0.15, 0.2) is 0 Å². The van der Waals surface area contributed by atoms with Crippen LogP contribution in [0.4, 0.5) is 5.69 Å². The van der Waals surface area contributed by atoms with Crippen molar-refractivity contribution in [2.75, 3.05) is 31.6 Å². The predicted molar refractivity (Wildman–Crippen MR) is 104 cm³/mol. The maximum absolute atomic E-state index is 12.2. The third-order valence-electron chi connectivity index (χ3n) is 4.55. The van der Waals surface area contributed by atoms with Crippen molar-refractivity contribution in [3.05, 3.63) is 58.6 Å². The van der Waals surface area contributed by atoms with E-state index in [1.807, 2.05) is 30.3 Å². The molecule has 25 heavy (non-hydrogen) atoms. The Balaban J connectivity index is 1.46. The summed E-state index contributed by atoms with van der Waals surface area (Å²) in [6.07, 6.45) is 1.49. The van der Waals surface area contributed by atoms with Crippen LogP contribution in [-0.4, -0.2) is 32.7 Å². The fourth-order valence-electron chi connectivity index (χ4n) is 3.20. The molecule has 5 heteroatoms. The third kappa shape index (κ3) is 4.98. The lowest BCUT2D eigenvalue weighted by Crippen LogP contribution is -2.32. The number of benzene rings is 2. The van der Waals surface area contributed by atoms with E-state index in [1.165, 1.54) is 5.69 Å². The number of amides is 1. The molecule has 0 saturated carbocycles. The largest absolute Gasteiger partial charge is 0.497 e. The predicted octanol–water partition coefficient (Wildman–Crippen LogP) is 3.64. The molecule has 132 valence electrons. The molecule has 1 aliphatic rings. The Bertz CT molecular complexity index is 735. The molecule has 1 saturated heterocycles. The van der Waals surface area contributed by atoms with Crippen LogP contribution in [0.15, 0.2) is 53.0 Å². The standard InChI is InChI=1S/C20H23BrN2O2/c1-25-19-7-2-4-15(10-19)11-20(24)22-13-16-8-9-23(14-16)18-6-3-5-17(21)12-18/h2-7,10,12,16H,8-9,11,13-14H2,1H3,(H,22,24). The van der Waals surface area contributed by atoms with Crippen molar-refractivity contribution in [2.24, 2.45) is 5.92 Å². The zero-order chi connectivity index (χ0) is 17.6. The Kier molecular flexibility index (Phi) is 5.97. The summed E-state index contributed by atoms with van der Waals surface area (Å²) in [5, 5.41) is 3.08. The fraction of sp³-hybridized carbons (Fsp3) is 0.350. The number of anilines is 1. The van der Waals surface area contributed by atoms with Crippen LogP contribution in [0.2, 0.25) is 0 Å². The van der Waals surface area contributed by atoms with Gasteiger partial charge in [0.1, 0.15) is 5.75 Å². The molecule has 2 aromatic carbocycles. The van der Waals surface area contributed by atoms with Crippen LogP contribution in [0.25, 0.3) is 0 Å². The molecule has 1 amide bonds. The summed E-state index contributed by atoms with van der Waals surface area (Å²) in [5.74, 6) is 1.34. The van der Waals surface area contributed by atoms with Crippen molar-refractivity contribution in [3.8, 4) is 5.75 Å². The molecule has 1 heterocycles. The van der Waals surface area contributed by atoms with Gasteiger partial charge in [0.05, 0.1) is 13.5 Å². The van der Waals surface area contributed by atoms with Crippen LogP contribution in [0.5, 0.6) is 5.75 Å². The van der Waals surface area contributed by atoms with Crippen molar-refractivity contribution in [1.82, 2.24) is 5.32 Å². The number of carbonyl (C=O) groups is 1. The molecule has 2 aromatic rings. The molecule has 1 N–H and O–H groups in total. The summed E-state index contributed by atoms with van der Waals surface area (Å²) in [6.45, 7) is 2.75. The van der Waals surface area contributed by atoms with Crippen LogP contribution < -0.4 is 15.0 Å². The zero-order valence-electron chi connectivity index (χ0n) is 14.4. The van der Waals surface area contributed by atoms with E-state index in [1.54, 1.807) is 7.11 Å². The quantitative estimate of drug-likeness (QED) is 0.801. The van der Waals surface area contributed by atoms with Gasteiger partial charge in [-0.25, -0.2) is 0 Å². The molecule has 1 fully saturated rings. The summed E-state index contributed by atoms with van der Waals surface area (Å²) in [6, 6.07) is 16.0. The first kappa shape index (κ1) is 17.8. The number of hydrogen-bond acceptors (Lipinski definition) is 3. The van der Waals surface area contributed by atoms with Crippen LogP contribution in [0.1, 0.15) is 12.0 Å². The second kappa shape index (κ2) is 8.39. The van der Waals surface area contributed by atoms with Crippen LogP contribution in [0, 0.1) is 5.92 Å². The van der Waals surface area contributed by atoms with E-state index in [0.717, 1.165) is 41.8 Å². The minimum Gasteiger partial charge on any atom is -0.497 e. The lowest BCUT2D eigenvalue weighted by Gasteiger charge is -2.19. The number of rotatable bonds is 6. The molecular formula is C20H23BrN2O2. The summed E-state index contributed by atoms with van der Waals surface area (Å²) < 4.78 is 6.30. The van der Waals surface area contributed by atoms with Crippen LogP contribution in [-0.2, 0) is 11.2 Å². The molecule has 0 radical (unpaired) electrons. The Labute approximate surface area is 157 Å². The first-order valence-electron chi connectivity index (χ1n) is 8.54. The number of ether oxygens (including phenoxy) is 1. The van der Waals surface area contributed by atoms with E-state index >= 15 is 0 Å². The van der Waals surface area contributed by atoms with Crippen molar-refractivity contribution < 1.29 is 9.53 Å². The topological polar surface area (TPSA) is 41.6 Å². The zero-order valence-corrected chi connectivity index (χ0v) is 16.0. The highest BCUT2D eigenvalue weighted by Crippen LogP contribution is 2.26. The van der Waals surface area contributed by atoms with Gasteiger partial charge >= 0.3 is 0 Å². The van der Waals surface area contributed by atoms with Gasteiger partial charge in [-0.2, -0.15) is 0 Å². The Hall–Kier alpha value is -2.01. The highest BCUT2D eigenvalue weighted by molar-refractivity contribution is 9.10. The van der Waals surface area contributed by atoms with E-state index in [0.29, 0.717) is 12.3 Å². The average molecular weight is 403 g/mol. The SMILES string of the molecule is COc1cccc(CC(=O)NCC2CCN(c3cccc(Br)c3)C2)c1. The number of nitrogens with zero attached hydrogens (tertiary/aromatic N) is 1. The second-order valence-corrected chi connectivity index (χ2v) is 7.33. The molecule has 1 aliphatic heterocycles. The smallest absolute Gasteiger partial charge is 0.224 e. The maximum Gasteiger partial charge on any atom is 0.224 e. The molecule has 3 rings (SSSR count). The van der Waals surface area contributed by atoms with Gasteiger partial charge in [-0.15, -0.1) is 0 Å². The minimum absolute atomic E-state index is 0.0640. The van der Waals surface area contributed by atoms with Crippen LogP contribution in [0.3, 0.4) is 0 Å². The van der Waals surface area contributed by atoms with Gasteiger partial charge in [0.2, 0.25) is 5.91 Å². The van der Waals surface area contributed by atoms with Crippen molar-refractivity contribution >= 4 is 27.5 Å². The maximum atomic E-state index is 12.2. The third-order valence-corrected chi connectivity index (χ3v) is 5.04. The highest BCUT2D eigenvalue weighted by Gasteiger charge is 2.23. The first-order chi connectivity index (χ1) is 12.1. The van der Waals surface area contributed by atoms with Crippen molar-refractivity contribution in [2.45, 2.75) is 12.8 Å². The van der Waals surface area contributed by atoms with Gasteiger partial charge in [-0.3, -0.25) is 4.79 Å². The summed E-state index contributed by atoms with van der Waals surface area (Å²) in [5.41, 5.74) is 2.21. The van der Waals surface area contributed by atoms with Crippen LogP contribution >= 0.6 is 15.9 Å². The monoisotopic (exact) mass is 402 g/mol. The lowest BCUT2D eigenvalue weighted by molar-refractivity contribution is -0.120. The number of halogens is 1. The van der Waals surface area contributed by atoms with E-state index < -0.39 is 0 Å². The average Bonchev–Trinajstić information content (AvgIpc) is 3.09. The molecule has 0 bridgehead atoms. The summed E-state index contributed by atoms with van der Waals surface area (Å²) >= 11 is 3.52. The fourth-order valence-corrected chi connectivity index (χ4v) is 3.58. The van der Waals surface area contributed by atoms with Gasteiger partial charge < -0.3 is 15.0 Å². The Morgan fingerprint density at radius 3 is 2.92 bits per heavy atom. The minimum atomic E-state index is 0.0640. The molecule has 1 atom stereocenters. The van der Waals surface area contributed by atoms with Crippen molar-refractivity contribution in [3.63, 3.8) is 0 Å².